The highest BCUT2D eigenvalue weighted by Crippen LogP contribution is 2.27. The molecule has 108 valence electrons. The van der Waals surface area contributed by atoms with Crippen molar-refractivity contribution in [3.8, 4) is 5.75 Å². The maximum absolute atomic E-state index is 11.1. The molecule has 1 N–H and O–H groups in total. The number of nitrogens with one attached hydrogen (secondary N) is 1. The Hall–Kier alpha value is -2.61. The van der Waals surface area contributed by atoms with E-state index in [1.54, 1.807) is 11.6 Å². The average molecular weight is 304 g/mol. The number of para-hydroxylation sites is 1. The molecular formula is C13H12N4O3S. The molecule has 21 heavy (non-hydrogen) atoms. The van der Waals surface area contributed by atoms with Crippen molar-refractivity contribution < 1.29 is 9.66 Å². The Bertz CT molecular complexity index is 753. The third kappa shape index (κ3) is 2.79. The third-order valence-electron chi connectivity index (χ3n) is 2.82. The van der Waals surface area contributed by atoms with E-state index in [1.807, 2.05) is 30.3 Å². The molecule has 0 saturated carbocycles. The Kier molecular flexibility index (Phi) is 3.69. The fraction of sp³-hybridized carbons (Fsp3) is 0.154. The maximum Gasteiger partial charge on any atom is 0.372 e. The second kappa shape index (κ2) is 5.80. The number of nitro groups is 1. The van der Waals surface area contributed by atoms with Gasteiger partial charge in [-0.1, -0.05) is 29.5 Å². The Morgan fingerprint density at radius 2 is 2.19 bits per heavy atom. The first-order valence-corrected chi connectivity index (χ1v) is 7.15. The van der Waals surface area contributed by atoms with E-state index in [2.05, 4.69) is 10.3 Å². The monoisotopic (exact) mass is 304 g/mol. The van der Waals surface area contributed by atoms with Crippen LogP contribution in [-0.2, 0) is 0 Å². The normalized spacial score (nSPS) is 10.7. The molecule has 0 aliphatic carbocycles. The van der Waals surface area contributed by atoms with Gasteiger partial charge in [0, 0.05) is 5.38 Å². The third-order valence-corrected chi connectivity index (χ3v) is 3.57. The van der Waals surface area contributed by atoms with Crippen LogP contribution in [0.2, 0.25) is 0 Å². The number of aromatic nitrogens is 2. The van der Waals surface area contributed by atoms with Gasteiger partial charge in [0.25, 0.3) is 4.96 Å². The van der Waals surface area contributed by atoms with Crippen LogP contribution >= 0.6 is 11.3 Å². The van der Waals surface area contributed by atoms with Crippen molar-refractivity contribution in [2.45, 2.75) is 0 Å². The maximum atomic E-state index is 11.1. The van der Waals surface area contributed by atoms with E-state index >= 15 is 0 Å². The summed E-state index contributed by atoms with van der Waals surface area (Å²) in [4.78, 5) is 15.5. The summed E-state index contributed by atoms with van der Waals surface area (Å²) < 4.78 is 6.98. The van der Waals surface area contributed by atoms with Gasteiger partial charge in [0.2, 0.25) is 5.82 Å². The van der Waals surface area contributed by atoms with E-state index in [-0.39, 0.29) is 11.6 Å². The molecule has 0 amide bonds. The highest BCUT2D eigenvalue weighted by Gasteiger charge is 2.23. The van der Waals surface area contributed by atoms with Gasteiger partial charge in [-0.15, -0.1) is 0 Å². The first-order valence-electron chi connectivity index (χ1n) is 6.27. The van der Waals surface area contributed by atoms with Crippen molar-refractivity contribution in [3.63, 3.8) is 0 Å². The molecule has 0 aliphatic heterocycles. The molecule has 0 spiro atoms. The second-order valence-corrected chi connectivity index (χ2v) is 5.06. The van der Waals surface area contributed by atoms with E-state index in [4.69, 9.17) is 4.74 Å². The summed E-state index contributed by atoms with van der Waals surface area (Å²) >= 11 is 1.35. The van der Waals surface area contributed by atoms with Gasteiger partial charge in [-0.3, -0.25) is 0 Å². The lowest BCUT2D eigenvalue weighted by atomic mass is 10.3. The molecule has 0 bridgehead atoms. The van der Waals surface area contributed by atoms with Gasteiger partial charge in [0.15, 0.2) is 0 Å². The minimum atomic E-state index is -0.437. The number of fused-ring (bicyclic) bond motifs is 1. The van der Waals surface area contributed by atoms with Crippen LogP contribution in [0.5, 0.6) is 5.75 Å². The van der Waals surface area contributed by atoms with Crippen LogP contribution in [-0.4, -0.2) is 27.5 Å². The van der Waals surface area contributed by atoms with Crippen molar-refractivity contribution in [2.75, 3.05) is 18.5 Å². The molecule has 0 unspecified atom stereocenters. The molecule has 2 aromatic heterocycles. The largest absolute Gasteiger partial charge is 0.492 e. The number of rotatable bonds is 6. The molecule has 0 saturated heterocycles. The van der Waals surface area contributed by atoms with E-state index in [9.17, 15) is 10.1 Å². The van der Waals surface area contributed by atoms with Crippen LogP contribution in [0.1, 0.15) is 0 Å². The van der Waals surface area contributed by atoms with E-state index in [0.717, 1.165) is 5.75 Å². The van der Waals surface area contributed by atoms with E-state index in [1.165, 1.54) is 15.7 Å². The van der Waals surface area contributed by atoms with E-state index < -0.39 is 4.92 Å². The predicted octanol–water partition coefficient (Wildman–Crippen LogP) is 2.79. The molecule has 7 nitrogen and oxygen atoms in total. The average Bonchev–Trinajstić information content (AvgIpc) is 3.04. The number of thiazole rings is 1. The summed E-state index contributed by atoms with van der Waals surface area (Å²) in [6.45, 7) is 0.826. The summed E-state index contributed by atoms with van der Waals surface area (Å²) in [7, 11) is 0. The zero-order valence-corrected chi connectivity index (χ0v) is 11.7. The minimum absolute atomic E-state index is 0.0500. The molecule has 0 radical (unpaired) electrons. The fourth-order valence-electron chi connectivity index (χ4n) is 1.92. The summed E-state index contributed by atoms with van der Waals surface area (Å²) in [5.74, 6) is 0.981. The summed E-state index contributed by atoms with van der Waals surface area (Å²) in [6, 6.07) is 9.39. The van der Waals surface area contributed by atoms with Crippen LogP contribution in [0.4, 0.5) is 11.6 Å². The SMILES string of the molecule is O=[N+]([O-])c1c(NCCOc2ccccc2)nc2sccn12. The van der Waals surface area contributed by atoms with Gasteiger partial charge in [-0.05, 0) is 17.1 Å². The van der Waals surface area contributed by atoms with Crippen LogP contribution in [0.25, 0.3) is 4.96 Å². The van der Waals surface area contributed by atoms with Crippen molar-refractivity contribution in [2.24, 2.45) is 0 Å². The number of hydrogen-bond donors (Lipinski definition) is 1. The molecule has 1 aromatic carbocycles. The van der Waals surface area contributed by atoms with Gasteiger partial charge in [-0.2, -0.15) is 9.38 Å². The highest BCUT2D eigenvalue weighted by atomic mass is 32.1. The standard InChI is InChI=1S/C13H12N4O3S/c18-17(19)12-11(15-13-16(12)7-9-21-13)14-6-8-20-10-4-2-1-3-5-10/h1-5,7,9,14H,6,8H2. The molecule has 2 heterocycles. The molecule has 3 rings (SSSR count). The van der Waals surface area contributed by atoms with Crippen molar-refractivity contribution >= 4 is 27.9 Å². The van der Waals surface area contributed by atoms with Crippen LogP contribution < -0.4 is 10.1 Å². The molecule has 3 aromatic rings. The Morgan fingerprint density at radius 3 is 2.95 bits per heavy atom. The van der Waals surface area contributed by atoms with Gasteiger partial charge in [0.05, 0.1) is 6.54 Å². The van der Waals surface area contributed by atoms with Crippen molar-refractivity contribution in [3.05, 3.63) is 52.0 Å². The summed E-state index contributed by atoms with van der Waals surface area (Å²) in [6.07, 6.45) is 1.64. The lowest BCUT2D eigenvalue weighted by molar-refractivity contribution is -0.389. The summed E-state index contributed by atoms with van der Waals surface area (Å²) in [5.41, 5.74) is 0. The number of anilines is 1. The second-order valence-electron chi connectivity index (χ2n) is 4.18. The zero-order chi connectivity index (χ0) is 14.7. The number of benzene rings is 1. The first-order chi connectivity index (χ1) is 10.3. The van der Waals surface area contributed by atoms with Gasteiger partial charge < -0.3 is 20.2 Å². The number of hydrogen-bond acceptors (Lipinski definition) is 6. The van der Waals surface area contributed by atoms with Crippen LogP contribution in [0.3, 0.4) is 0 Å². The van der Waals surface area contributed by atoms with E-state index in [0.29, 0.717) is 18.1 Å². The summed E-state index contributed by atoms with van der Waals surface area (Å²) in [5, 5.41) is 15.8. The first kappa shape index (κ1) is 13.4. The number of ether oxygens (including phenoxy) is 1. The lowest BCUT2D eigenvalue weighted by Gasteiger charge is -2.06. The molecule has 0 fully saturated rings. The lowest BCUT2D eigenvalue weighted by Crippen LogP contribution is -2.12. The smallest absolute Gasteiger partial charge is 0.372 e. The Labute approximate surface area is 124 Å². The van der Waals surface area contributed by atoms with Crippen molar-refractivity contribution in [1.82, 2.24) is 9.38 Å². The predicted molar refractivity (Wildman–Crippen MR) is 80.2 cm³/mol. The fourth-order valence-corrected chi connectivity index (χ4v) is 2.63. The van der Waals surface area contributed by atoms with Crippen LogP contribution in [0.15, 0.2) is 41.9 Å². The molecular weight excluding hydrogens is 292 g/mol. The topological polar surface area (TPSA) is 81.7 Å². The number of imidazole rings is 1. The Balaban J connectivity index is 1.64. The van der Waals surface area contributed by atoms with Gasteiger partial charge >= 0.3 is 5.82 Å². The zero-order valence-electron chi connectivity index (χ0n) is 10.9. The van der Waals surface area contributed by atoms with Gasteiger partial charge in [-0.25, -0.2) is 0 Å². The highest BCUT2D eigenvalue weighted by molar-refractivity contribution is 7.15. The quantitative estimate of drug-likeness (QED) is 0.430. The van der Waals surface area contributed by atoms with Crippen LogP contribution in [0, 0.1) is 10.1 Å². The van der Waals surface area contributed by atoms with Crippen molar-refractivity contribution in [1.29, 1.82) is 0 Å². The Morgan fingerprint density at radius 1 is 1.38 bits per heavy atom. The minimum Gasteiger partial charge on any atom is -0.492 e. The van der Waals surface area contributed by atoms with Gasteiger partial charge in [0.1, 0.15) is 18.6 Å². The molecule has 0 aliphatic rings. The molecule has 8 heteroatoms. The number of nitrogens with zero attached hydrogens (tertiary/aromatic N) is 3. The molecule has 0 atom stereocenters.